The molecule has 0 amide bonds. The second-order valence-corrected chi connectivity index (χ2v) is 6.14. The van der Waals surface area contributed by atoms with Crippen LogP contribution in [-0.4, -0.2) is 38.6 Å². The summed E-state index contributed by atoms with van der Waals surface area (Å²) in [5.74, 6) is -1.82. The largest absolute Gasteiger partial charge is 0.481 e. The summed E-state index contributed by atoms with van der Waals surface area (Å²) in [6, 6.07) is 3.57. The van der Waals surface area contributed by atoms with Crippen molar-refractivity contribution < 1.29 is 27.9 Å². The van der Waals surface area contributed by atoms with Crippen LogP contribution in [0.15, 0.2) is 23.1 Å². The first-order valence-corrected chi connectivity index (χ1v) is 7.81. The van der Waals surface area contributed by atoms with E-state index in [-0.39, 0.29) is 35.1 Å². The number of hydrogen-bond donors (Lipinski definition) is 2. The van der Waals surface area contributed by atoms with Crippen LogP contribution in [0.4, 0.5) is 0 Å². The third kappa shape index (κ3) is 5.33. The van der Waals surface area contributed by atoms with Crippen LogP contribution >= 0.6 is 11.6 Å². The molecule has 0 fully saturated rings. The highest BCUT2D eigenvalue weighted by Gasteiger charge is 2.18. The van der Waals surface area contributed by atoms with Gasteiger partial charge in [-0.2, -0.15) is 0 Å². The number of halogens is 1. The lowest BCUT2D eigenvalue weighted by Gasteiger charge is -2.08. The Hall–Kier alpha value is -1.64. The first kappa shape index (κ1) is 17.4. The van der Waals surface area contributed by atoms with Crippen LogP contribution in [0.5, 0.6) is 0 Å². The van der Waals surface area contributed by atoms with Crippen molar-refractivity contribution in [2.24, 2.45) is 0 Å². The summed E-state index contributed by atoms with van der Waals surface area (Å²) >= 11 is 5.79. The predicted molar refractivity (Wildman–Crippen MR) is 74.8 cm³/mol. The van der Waals surface area contributed by atoms with Gasteiger partial charge in [0, 0.05) is 11.6 Å². The maximum absolute atomic E-state index is 12.0. The van der Waals surface area contributed by atoms with Gasteiger partial charge in [0.2, 0.25) is 10.0 Å². The van der Waals surface area contributed by atoms with E-state index < -0.39 is 22.0 Å². The summed E-state index contributed by atoms with van der Waals surface area (Å²) in [7, 11) is -3.95. The number of esters is 1. The molecule has 21 heavy (non-hydrogen) atoms. The van der Waals surface area contributed by atoms with E-state index in [9.17, 15) is 18.0 Å². The van der Waals surface area contributed by atoms with Crippen molar-refractivity contribution in [2.75, 3.05) is 13.2 Å². The lowest BCUT2D eigenvalue weighted by molar-refractivity contribution is -0.136. The quantitative estimate of drug-likeness (QED) is 0.726. The van der Waals surface area contributed by atoms with E-state index in [1.165, 1.54) is 6.07 Å². The Morgan fingerprint density at radius 2 is 2.00 bits per heavy atom. The molecule has 0 aliphatic rings. The fourth-order valence-corrected chi connectivity index (χ4v) is 2.83. The summed E-state index contributed by atoms with van der Waals surface area (Å²) < 4.78 is 30.9. The first-order chi connectivity index (χ1) is 9.76. The number of nitrogens with one attached hydrogen (secondary N) is 1. The second kappa shape index (κ2) is 7.39. The topological polar surface area (TPSA) is 110 Å². The molecular weight excluding hydrogens is 322 g/mol. The Labute approximate surface area is 126 Å². The predicted octanol–water partition coefficient (Wildman–Crippen LogP) is 1.27. The zero-order valence-electron chi connectivity index (χ0n) is 11.1. The second-order valence-electron chi connectivity index (χ2n) is 3.94. The summed E-state index contributed by atoms with van der Waals surface area (Å²) in [6.45, 7) is 1.50. The van der Waals surface area contributed by atoms with E-state index in [0.717, 1.165) is 12.1 Å². The van der Waals surface area contributed by atoms with Gasteiger partial charge in [-0.15, -0.1) is 0 Å². The minimum Gasteiger partial charge on any atom is -0.481 e. The molecule has 0 atom stereocenters. The van der Waals surface area contributed by atoms with Gasteiger partial charge in [-0.1, -0.05) is 11.6 Å². The average molecular weight is 336 g/mol. The van der Waals surface area contributed by atoms with Crippen molar-refractivity contribution >= 4 is 33.6 Å². The molecule has 1 rings (SSSR count). The van der Waals surface area contributed by atoms with Crippen molar-refractivity contribution in [1.29, 1.82) is 0 Å². The van der Waals surface area contributed by atoms with Crippen LogP contribution in [0.2, 0.25) is 5.02 Å². The lowest BCUT2D eigenvalue weighted by Crippen LogP contribution is -2.26. The highest BCUT2D eigenvalue weighted by Crippen LogP contribution is 2.19. The Balaban J connectivity index is 3.01. The van der Waals surface area contributed by atoms with Gasteiger partial charge in [-0.25, -0.2) is 17.9 Å². The average Bonchev–Trinajstić information content (AvgIpc) is 2.37. The van der Waals surface area contributed by atoms with Crippen LogP contribution in [0.25, 0.3) is 0 Å². The minimum atomic E-state index is -3.95. The van der Waals surface area contributed by atoms with Crippen molar-refractivity contribution in [1.82, 2.24) is 4.72 Å². The molecule has 0 spiro atoms. The number of aliphatic carboxylic acids is 1. The molecule has 0 aliphatic heterocycles. The van der Waals surface area contributed by atoms with Gasteiger partial charge < -0.3 is 9.84 Å². The maximum atomic E-state index is 12.0. The fourth-order valence-electron chi connectivity index (χ4n) is 1.43. The highest BCUT2D eigenvalue weighted by atomic mass is 35.5. The zero-order chi connectivity index (χ0) is 16.0. The van der Waals surface area contributed by atoms with Crippen LogP contribution in [0.3, 0.4) is 0 Å². The monoisotopic (exact) mass is 335 g/mol. The molecule has 1 aromatic carbocycles. The number of benzene rings is 1. The molecule has 9 heteroatoms. The van der Waals surface area contributed by atoms with Crippen molar-refractivity contribution in [3.63, 3.8) is 0 Å². The normalized spacial score (nSPS) is 11.1. The SMILES string of the molecule is CCOC(=O)c1cc(Cl)cc(S(=O)(=O)NCCC(=O)O)c1. The molecule has 1 aromatic rings. The molecule has 0 unspecified atom stereocenters. The molecule has 2 N–H and O–H groups in total. The number of carbonyl (C=O) groups excluding carboxylic acids is 1. The molecule has 0 saturated heterocycles. The number of ether oxygens (including phenoxy) is 1. The van der Waals surface area contributed by atoms with E-state index in [1.807, 2.05) is 0 Å². The maximum Gasteiger partial charge on any atom is 0.338 e. The van der Waals surface area contributed by atoms with Gasteiger partial charge in [0.25, 0.3) is 0 Å². The number of carboxylic acid groups (broad SMARTS) is 1. The summed E-state index contributed by atoms with van der Waals surface area (Å²) in [5.41, 5.74) is 0.00274. The van der Waals surface area contributed by atoms with E-state index >= 15 is 0 Å². The van der Waals surface area contributed by atoms with Gasteiger partial charge in [-0.3, -0.25) is 4.79 Å². The summed E-state index contributed by atoms with van der Waals surface area (Å²) in [5, 5.41) is 8.54. The van der Waals surface area contributed by atoms with Crippen LogP contribution in [0, 0.1) is 0 Å². The Bertz CT molecular complexity index is 643. The third-order valence-corrected chi connectivity index (χ3v) is 3.98. The molecule has 0 aromatic heterocycles. The number of rotatable bonds is 7. The number of hydrogen-bond acceptors (Lipinski definition) is 5. The first-order valence-electron chi connectivity index (χ1n) is 5.95. The number of carboxylic acids is 1. The van der Waals surface area contributed by atoms with E-state index in [4.69, 9.17) is 21.4 Å². The van der Waals surface area contributed by atoms with Crippen LogP contribution in [-0.2, 0) is 19.6 Å². The Kier molecular flexibility index (Phi) is 6.13. The number of carbonyl (C=O) groups is 2. The van der Waals surface area contributed by atoms with Gasteiger partial charge in [0.05, 0.1) is 23.5 Å². The van der Waals surface area contributed by atoms with Gasteiger partial charge in [0.1, 0.15) is 0 Å². The lowest BCUT2D eigenvalue weighted by atomic mass is 10.2. The van der Waals surface area contributed by atoms with Crippen molar-refractivity contribution in [3.05, 3.63) is 28.8 Å². The molecule has 0 aliphatic carbocycles. The summed E-state index contributed by atoms with van der Waals surface area (Å²) in [4.78, 5) is 21.7. The highest BCUT2D eigenvalue weighted by molar-refractivity contribution is 7.89. The van der Waals surface area contributed by atoms with Gasteiger partial charge >= 0.3 is 11.9 Å². The molecule has 0 heterocycles. The van der Waals surface area contributed by atoms with Gasteiger partial charge in [-0.05, 0) is 25.1 Å². The van der Waals surface area contributed by atoms with E-state index in [1.54, 1.807) is 6.92 Å². The fraction of sp³-hybridized carbons (Fsp3) is 0.333. The van der Waals surface area contributed by atoms with Crippen molar-refractivity contribution in [3.8, 4) is 0 Å². The zero-order valence-corrected chi connectivity index (χ0v) is 12.7. The third-order valence-electron chi connectivity index (χ3n) is 2.32. The molecule has 0 bridgehead atoms. The Morgan fingerprint density at radius 3 is 2.57 bits per heavy atom. The van der Waals surface area contributed by atoms with E-state index in [0.29, 0.717) is 0 Å². The van der Waals surface area contributed by atoms with Crippen LogP contribution < -0.4 is 4.72 Å². The minimum absolute atomic E-state index is 0.00274. The molecule has 0 radical (unpaired) electrons. The Morgan fingerprint density at radius 1 is 1.33 bits per heavy atom. The van der Waals surface area contributed by atoms with Gasteiger partial charge in [0.15, 0.2) is 0 Å². The number of sulfonamides is 1. The summed E-state index contributed by atoms with van der Waals surface area (Å²) in [6.07, 6.45) is -0.357. The van der Waals surface area contributed by atoms with E-state index in [2.05, 4.69) is 4.72 Å². The molecule has 0 saturated carbocycles. The molecular formula is C12H14ClNO6S. The molecule has 7 nitrogen and oxygen atoms in total. The molecule has 116 valence electrons. The smallest absolute Gasteiger partial charge is 0.338 e. The van der Waals surface area contributed by atoms with Crippen LogP contribution in [0.1, 0.15) is 23.7 Å². The standard InChI is InChI=1S/C12H14ClNO6S/c1-2-20-12(17)8-5-9(13)7-10(6-8)21(18,19)14-4-3-11(15)16/h5-7,14H,2-4H2,1H3,(H,15,16). The van der Waals surface area contributed by atoms with Crippen molar-refractivity contribution in [2.45, 2.75) is 18.2 Å².